The second kappa shape index (κ2) is 9.88. The highest BCUT2D eigenvalue weighted by Crippen LogP contribution is 2.10. The van der Waals surface area contributed by atoms with Gasteiger partial charge >= 0.3 is 0 Å². The molecule has 0 spiro atoms. The molecule has 0 aliphatic rings. The van der Waals surface area contributed by atoms with E-state index in [1.807, 2.05) is 0 Å². The van der Waals surface area contributed by atoms with Crippen LogP contribution in [0.2, 0.25) is 0 Å². The molecule has 18 heavy (non-hydrogen) atoms. The second-order valence-electron chi connectivity index (χ2n) is 3.45. The molecular weight excluding hydrogens is 256 g/mol. The molecule has 0 aliphatic carbocycles. The van der Waals surface area contributed by atoms with E-state index in [9.17, 15) is 4.79 Å². The number of carbonyl (C=O) groups excluding carboxylic acids is 1. The number of aldehydes is 1. The molecule has 0 N–H and O–H groups in total. The van der Waals surface area contributed by atoms with Gasteiger partial charge in [-0.05, 0) is 24.3 Å². The number of benzene rings is 1. The fourth-order valence-corrected chi connectivity index (χ4v) is 1.35. The zero-order chi connectivity index (χ0) is 13.1. The van der Waals surface area contributed by atoms with Crippen molar-refractivity contribution in [1.82, 2.24) is 0 Å². The van der Waals surface area contributed by atoms with E-state index in [1.165, 1.54) is 0 Å². The van der Waals surface area contributed by atoms with E-state index < -0.39 is 0 Å². The maximum atomic E-state index is 10.4. The standard InChI is InChI=1S/C13H17ClO4/c14-5-6-16-7-8-17-9-10-18-13-3-1-12(11-15)2-4-13/h1-4,11H,5-10H2. The average Bonchev–Trinajstić information content (AvgIpc) is 2.42. The van der Waals surface area contributed by atoms with Crippen molar-refractivity contribution in [2.75, 3.05) is 38.9 Å². The molecule has 0 saturated carbocycles. The normalized spacial score (nSPS) is 10.3. The number of hydrogen-bond acceptors (Lipinski definition) is 4. The Labute approximate surface area is 112 Å². The van der Waals surface area contributed by atoms with Gasteiger partial charge in [-0.3, -0.25) is 4.79 Å². The van der Waals surface area contributed by atoms with Crippen LogP contribution in [-0.2, 0) is 9.47 Å². The van der Waals surface area contributed by atoms with Crippen molar-refractivity contribution in [2.45, 2.75) is 0 Å². The number of alkyl halides is 1. The van der Waals surface area contributed by atoms with E-state index in [2.05, 4.69) is 0 Å². The lowest BCUT2D eigenvalue weighted by molar-refractivity contribution is 0.0410. The smallest absolute Gasteiger partial charge is 0.150 e. The molecule has 0 aliphatic heterocycles. The molecule has 0 heterocycles. The molecule has 0 saturated heterocycles. The van der Waals surface area contributed by atoms with Crippen LogP contribution in [0.1, 0.15) is 10.4 Å². The van der Waals surface area contributed by atoms with E-state index in [-0.39, 0.29) is 0 Å². The summed E-state index contributed by atoms with van der Waals surface area (Å²) in [5.74, 6) is 1.22. The molecule has 0 radical (unpaired) electrons. The number of rotatable bonds is 10. The Kier molecular flexibility index (Phi) is 8.21. The highest BCUT2D eigenvalue weighted by Gasteiger charge is 1.95. The third-order valence-electron chi connectivity index (χ3n) is 2.11. The highest BCUT2D eigenvalue weighted by atomic mass is 35.5. The predicted octanol–water partition coefficient (Wildman–Crippen LogP) is 2.15. The average molecular weight is 273 g/mol. The molecule has 1 aromatic carbocycles. The van der Waals surface area contributed by atoms with Gasteiger partial charge in [0, 0.05) is 11.4 Å². The number of halogens is 1. The van der Waals surface area contributed by atoms with Gasteiger partial charge < -0.3 is 14.2 Å². The van der Waals surface area contributed by atoms with Crippen LogP contribution in [0.25, 0.3) is 0 Å². The first-order valence-corrected chi connectivity index (χ1v) is 6.30. The molecule has 0 aromatic heterocycles. The van der Waals surface area contributed by atoms with E-state index >= 15 is 0 Å². The third-order valence-corrected chi connectivity index (χ3v) is 2.26. The molecule has 0 amide bonds. The van der Waals surface area contributed by atoms with E-state index in [0.717, 1.165) is 12.0 Å². The summed E-state index contributed by atoms with van der Waals surface area (Å²) in [6, 6.07) is 6.94. The lowest BCUT2D eigenvalue weighted by Gasteiger charge is -2.07. The van der Waals surface area contributed by atoms with Gasteiger partial charge in [-0.25, -0.2) is 0 Å². The SMILES string of the molecule is O=Cc1ccc(OCCOCCOCCCl)cc1. The fourth-order valence-electron chi connectivity index (χ4n) is 1.24. The van der Waals surface area contributed by atoms with Gasteiger partial charge in [0.05, 0.1) is 26.4 Å². The minimum absolute atomic E-state index is 0.468. The molecule has 100 valence electrons. The van der Waals surface area contributed by atoms with Crippen LogP contribution in [0, 0.1) is 0 Å². The Balaban J connectivity index is 2.01. The maximum absolute atomic E-state index is 10.4. The molecule has 1 rings (SSSR count). The summed E-state index contributed by atoms with van der Waals surface area (Å²) in [6.45, 7) is 2.59. The van der Waals surface area contributed by atoms with Crippen LogP contribution >= 0.6 is 11.6 Å². The van der Waals surface area contributed by atoms with E-state index in [4.69, 9.17) is 25.8 Å². The summed E-state index contributed by atoms with van der Waals surface area (Å²) in [5, 5.41) is 0. The van der Waals surface area contributed by atoms with Crippen LogP contribution in [-0.4, -0.2) is 45.2 Å². The molecule has 0 bridgehead atoms. The Bertz CT molecular complexity index is 326. The monoisotopic (exact) mass is 272 g/mol. The van der Waals surface area contributed by atoms with Gasteiger partial charge in [0.1, 0.15) is 18.6 Å². The summed E-state index contributed by atoms with van der Waals surface area (Å²) in [4.78, 5) is 10.4. The Morgan fingerprint density at radius 3 is 2.17 bits per heavy atom. The highest BCUT2D eigenvalue weighted by molar-refractivity contribution is 6.17. The van der Waals surface area contributed by atoms with Crippen molar-refractivity contribution >= 4 is 17.9 Å². The maximum Gasteiger partial charge on any atom is 0.150 e. The van der Waals surface area contributed by atoms with Crippen molar-refractivity contribution in [3.05, 3.63) is 29.8 Å². The molecular formula is C13H17ClO4. The summed E-state index contributed by atoms with van der Waals surface area (Å²) in [6.07, 6.45) is 0.799. The summed E-state index contributed by atoms with van der Waals surface area (Å²) in [7, 11) is 0. The van der Waals surface area contributed by atoms with Gasteiger partial charge in [-0.15, -0.1) is 11.6 Å². The van der Waals surface area contributed by atoms with Gasteiger partial charge in [0.25, 0.3) is 0 Å². The first-order valence-electron chi connectivity index (χ1n) is 5.76. The Morgan fingerprint density at radius 2 is 1.56 bits per heavy atom. The van der Waals surface area contributed by atoms with Crippen LogP contribution < -0.4 is 4.74 Å². The molecule has 0 atom stereocenters. The van der Waals surface area contributed by atoms with Gasteiger partial charge in [-0.1, -0.05) is 0 Å². The van der Waals surface area contributed by atoms with Crippen molar-refractivity contribution in [1.29, 1.82) is 0 Å². The Hall–Kier alpha value is -1.10. The molecule has 0 unspecified atom stereocenters. The first kappa shape index (κ1) is 15.0. The number of hydrogen-bond donors (Lipinski definition) is 0. The van der Waals surface area contributed by atoms with Crippen LogP contribution in [0.4, 0.5) is 0 Å². The van der Waals surface area contributed by atoms with Crippen molar-refractivity contribution in [2.24, 2.45) is 0 Å². The number of ether oxygens (including phenoxy) is 3. The second-order valence-corrected chi connectivity index (χ2v) is 3.83. The molecule has 4 nitrogen and oxygen atoms in total. The van der Waals surface area contributed by atoms with Crippen LogP contribution in [0.3, 0.4) is 0 Å². The molecule has 0 fully saturated rings. The zero-order valence-electron chi connectivity index (χ0n) is 10.1. The van der Waals surface area contributed by atoms with Gasteiger partial charge in [0.2, 0.25) is 0 Å². The van der Waals surface area contributed by atoms with Crippen LogP contribution in [0.5, 0.6) is 5.75 Å². The Morgan fingerprint density at radius 1 is 0.944 bits per heavy atom. The van der Waals surface area contributed by atoms with Crippen LogP contribution in [0.15, 0.2) is 24.3 Å². The largest absolute Gasteiger partial charge is 0.491 e. The predicted molar refractivity (Wildman–Crippen MR) is 69.7 cm³/mol. The third kappa shape index (κ3) is 6.59. The summed E-state index contributed by atoms with van der Waals surface area (Å²) in [5.41, 5.74) is 0.634. The first-order chi connectivity index (χ1) is 8.86. The topological polar surface area (TPSA) is 44.8 Å². The zero-order valence-corrected chi connectivity index (χ0v) is 10.9. The quantitative estimate of drug-likeness (QED) is 0.372. The fraction of sp³-hybridized carbons (Fsp3) is 0.462. The minimum Gasteiger partial charge on any atom is -0.491 e. The van der Waals surface area contributed by atoms with E-state index in [1.54, 1.807) is 24.3 Å². The van der Waals surface area contributed by atoms with Crippen molar-refractivity contribution in [3.63, 3.8) is 0 Å². The minimum atomic E-state index is 0.468. The molecule has 1 aromatic rings. The van der Waals surface area contributed by atoms with Crippen molar-refractivity contribution in [3.8, 4) is 5.75 Å². The lowest BCUT2D eigenvalue weighted by Crippen LogP contribution is -2.11. The summed E-state index contributed by atoms with van der Waals surface area (Å²) < 4.78 is 15.9. The van der Waals surface area contributed by atoms with Gasteiger partial charge in [-0.2, -0.15) is 0 Å². The number of carbonyl (C=O) groups is 1. The van der Waals surface area contributed by atoms with E-state index in [0.29, 0.717) is 44.5 Å². The van der Waals surface area contributed by atoms with Gasteiger partial charge in [0.15, 0.2) is 0 Å². The molecule has 5 heteroatoms. The van der Waals surface area contributed by atoms with Crippen molar-refractivity contribution < 1.29 is 19.0 Å². The summed E-state index contributed by atoms with van der Waals surface area (Å²) >= 11 is 5.45. The lowest BCUT2D eigenvalue weighted by atomic mass is 10.2.